The molecule has 3 aromatic rings. The van der Waals surface area contributed by atoms with Gasteiger partial charge in [0, 0.05) is 18.7 Å². The molecule has 2 aromatic carbocycles. The Morgan fingerprint density at radius 1 is 1.16 bits per heavy atom. The molecule has 1 aromatic heterocycles. The predicted molar refractivity (Wildman–Crippen MR) is 117 cm³/mol. The zero-order valence-electron chi connectivity index (χ0n) is 17.3. The molecular formula is C21H25ClN4O6. The fraction of sp³-hybridized carbons (Fsp3) is 0.286. The number of carbonyl (C=O) groups is 1. The van der Waals surface area contributed by atoms with Gasteiger partial charge in [0.05, 0.1) is 6.10 Å². The maximum absolute atomic E-state index is 11.2. The van der Waals surface area contributed by atoms with E-state index in [1.807, 2.05) is 19.1 Å². The van der Waals surface area contributed by atoms with Gasteiger partial charge in [0.2, 0.25) is 0 Å². The molecule has 2 atom stereocenters. The van der Waals surface area contributed by atoms with Crippen LogP contribution in [0.1, 0.15) is 40.3 Å². The third-order valence-electron chi connectivity index (χ3n) is 4.60. The first-order chi connectivity index (χ1) is 14.8. The highest BCUT2D eigenvalue weighted by molar-refractivity contribution is 5.91. The number of nitrogens with zero attached hydrogens (tertiary/aromatic N) is 2. The summed E-state index contributed by atoms with van der Waals surface area (Å²) in [6.07, 6.45) is -0.162. The number of aromatic hydroxyl groups is 2. The quantitative estimate of drug-likeness (QED) is 0.301. The zero-order valence-corrected chi connectivity index (χ0v) is 18.1. The Kier molecular flexibility index (Phi) is 8.82. The number of amides is 1. The van der Waals surface area contributed by atoms with E-state index in [0.29, 0.717) is 17.7 Å². The van der Waals surface area contributed by atoms with Crippen molar-refractivity contribution in [2.75, 3.05) is 6.54 Å². The maximum atomic E-state index is 11.2. The van der Waals surface area contributed by atoms with Gasteiger partial charge < -0.3 is 31.1 Å². The van der Waals surface area contributed by atoms with Crippen molar-refractivity contribution in [1.82, 2.24) is 15.6 Å². The van der Waals surface area contributed by atoms with Gasteiger partial charge in [0.25, 0.3) is 5.91 Å². The summed E-state index contributed by atoms with van der Waals surface area (Å²) in [6, 6.07) is 11.5. The Hall–Kier alpha value is -3.34. The predicted octanol–water partition coefficient (Wildman–Crippen LogP) is 1.83. The number of primary amides is 1. The highest BCUT2D eigenvalue weighted by Gasteiger charge is 2.16. The van der Waals surface area contributed by atoms with Crippen molar-refractivity contribution >= 4 is 18.3 Å². The second-order valence-corrected chi connectivity index (χ2v) is 7.17. The van der Waals surface area contributed by atoms with Crippen LogP contribution >= 0.6 is 12.4 Å². The molecule has 0 aliphatic carbocycles. The lowest BCUT2D eigenvalue weighted by Crippen LogP contribution is -2.32. The lowest BCUT2D eigenvalue weighted by Gasteiger charge is -2.18. The largest absolute Gasteiger partial charge is 0.508 e. The summed E-state index contributed by atoms with van der Waals surface area (Å²) in [6.45, 7) is 2.25. The van der Waals surface area contributed by atoms with Crippen LogP contribution in [0.3, 0.4) is 0 Å². The van der Waals surface area contributed by atoms with E-state index in [1.54, 1.807) is 12.1 Å². The molecule has 0 fully saturated rings. The molecule has 10 nitrogen and oxygen atoms in total. The summed E-state index contributed by atoms with van der Waals surface area (Å²) >= 11 is 0. The van der Waals surface area contributed by atoms with E-state index >= 15 is 0 Å². The first-order valence-electron chi connectivity index (χ1n) is 9.59. The fourth-order valence-electron chi connectivity index (χ4n) is 3.03. The van der Waals surface area contributed by atoms with Crippen LogP contribution in [0.2, 0.25) is 0 Å². The minimum Gasteiger partial charge on any atom is -0.508 e. The number of rotatable bonds is 10. The molecule has 32 heavy (non-hydrogen) atoms. The van der Waals surface area contributed by atoms with Gasteiger partial charge in [-0.3, -0.25) is 4.79 Å². The first kappa shape index (κ1) is 24.9. The number of aliphatic hydroxyl groups is 1. The summed E-state index contributed by atoms with van der Waals surface area (Å²) in [5, 5.41) is 39.6. The molecule has 11 heteroatoms. The van der Waals surface area contributed by atoms with Crippen molar-refractivity contribution in [2.45, 2.75) is 32.1 Å². The molecule has 0 aliphatic heterocycles. The maximum Gasteiger partial charge on any atom is 0.273 e. The lowest BCUT2D eigenvalue weighted by molar-refractivity contribution is 0.0989. The number of hydrogen-bond donors (Lipinski definition) is 5. The normalized spacial score (nSPS) is 12.6. The van der Waals surface area contributed by atoms with Crippen LogP contribution in [0.15, 0.2) is 47.1 Å². The van der Waals surface area contributed by atoms with Crippen molar-refractivity contribution in [1.29, 1.82) is 0 Å². The standard InChI is InChI=1S/C21H24N4O6.ClH/c1-12(23-10-19(28)14-7-15(26)9-16(27)8-14)6-13-2-4-17(5-3-13)30-11-18-20(21(22)29)25-31-24-18;/h2-5,7-9,12,19,23,26-28H,6,10-11H2,1H3,(H2,22,29);1H/t12-,19+;/m1./s1. The second kappa shape index (κ2) is 11.3. The smallest absolute Gasteiger partial charge is 0.273 e. The average molecular weight is 465 g/mol. The van der Waals surface area contributed by atoms with E-state index in [1.165, 1.54) is 18.2 Å². The van der Waals surface area contributed by atoms with E-state index in [4.69, 9.17) is 10.5 Å². The first-order valence-corrected chi connectivity index (χ1v) is 9.59. The molecule has 0 aliphatic rings. The zero-order chi connectivity index (χ0) is 22.4. The van der Waals surface area contributed by atoms with Gasteiger partial charge in [-0.05, 0) is 53.9 Å². The van der Waals surface area contributed by atoms with E-state index in [9.17, 15) is 20.1 Å². The number of halogens is 1. The van der Waals surface area contributed by atoms with Crippen LogP contribution in [0.5, 0.6) is 17.2 Å². The summed E-state index contributed by atoms with van der Waals surface area (Å²) in [4.78, 5) is 11.2. The third-order valence-corrected chi connectivity index (χ3v) is 4.60. The van der Waals surface area contributed by atoms with Crippen molar-refractivity contribution in [2.24, 2.45) is 5.73 Å². The van der Waals surface area contributed by atoms with E-state index < -0.39 is 12.0 Å². The Morgan fingerprint density at radius 3 is 2.44 bits per heavy atom. The Bertz CT molecular complexity index is 1010. The Balaban J connectivity index is 0.00000363. The highest BCUT2D eigenvalue weighted by atomic mass is 35.5. The lowest BCUT2D eigenvalue weighted by atomic mass is 10.1. The van der Waals surface area contributed by atoms with Gasteiger partial charge in [0.1, 0.15) is 23.9 Å². The van der Waals surface area contributed by atoms with Crippen LogP contribution < -0.4 is 15.8 Å². The summed E-state index contributed by atoms with van der Waals surface area (Å²) in [7, 11) is 0. The summed E-state index contributed by atoms with van der Waals surface area (Å²) in [5.41, 5.74) is 6.84. The molecule has 0 saturated carbocycles. The summed E-state index contributed by atoms with van der Waals surface area (Å²) < 4.78 is 10.1. The van der Waals surface area contributed by atoms with Crippen molar-refractivity contribution in [3.63, 3.8) is 0 Å². The van der Waals surface area contributed by atoms with Crippen molar-refractivity contribution in [3.05, 3.63) is 65.0 Å². The van der Waals surface area contributed by atoms with E-state index in [2.05, 4.69) is 20.3 Å². The highest BCUT2D eigenvalue weighted by Crippen LogP contribution is 2.24. The number of ether oxygens (including phenoxy) is 1. The topological polar surface area (TPSA) is 164 Å². The molecule has 0 saturated heterocycles. The number of aliphatic hydroxyl groups excluding tert-OH is 1. The van der Waals surface area contributed by atoms with Gasteiger partial charge in [-0.2, -0.15) is 0 Å². The number of carbonyl (C=O) groups excluding carboxylic acids is 1. The minimum absolute atomic E-state index is 0. The van der Waals surface area contributed by atoms with Gasteiger partial charge in [0.15, 0.2) is 11.4 Å². The Labute approximate surface area is 190 Å². The minimum atomic E-state index is -0.868. The van der Waals surface area contributed by atoms with Gasteiger partial charge in [-0.15, -0.1) is 12.4 Å². The molecule has 172 valence electrons. The fourth-order valence-corrected chi connectivity index (χ4v) is 3.03. The Morgan fingerprint density at radius 2 is 1.81 bits per heavy atom. The number of phenolic OH excluding ortho intramolecular Hbond substituents is 2. The number of hydrogen-bond acceptors (Lipinski definition) is 9. The van der Waals surface area contributed by atoms with E-state index in [0.717, 1.165) is 5.56 Å². The summed E-state index contributed by atoms with van der Waals surface area (Å²) in [5.74, 6) is -0.352. The molecule has 0 radical (unpaired) electrons. The van der Waals surface area contributed by atoms with Crippen LogP contribution in [-0.2, 0) is 13.0 Å². The van der Waals surface area contributed by atoms with Crippen LogP contribution in [0.25, 0.3) is 0 Å². The van der Waals surface area contributed by atoms with Gasteiger partial charge in [-0.1, -0.05) is 17.3 Å². The molecular weight excluding hydrogens is 440 g/mol. The van der Waals surface area contributed by atoms with Crippen LogP contribution in [0, 0.1) is 0 Å². The molecule has 0 bridgehead atoms. The molecule has 1 heterocycles. The van der Waals surface area contributed by atoms with Crippen molar-refractivity contribution < 1.29 is 29.5 Å². The molecule has 6 N–H and O–H groups in total. The second-order valence-electron chi connectivity index (χ2n) is 7.17. The van der Waals surface area contributed by atoms with Crippen molar-refractivity contribution in [3.8, 4) is 17.2 Å². The monoisotopic (exact) mass is 464 g/mol. The van der Waals surface area contributed by atoms with Crippen LogP contribution in [-0.4, -0.2) is 44.1 Å². The van der Waals surface area contributed by atoms with E-state index in [-0.39, 0.29) is 54.5 Å². The number of benzene rings is 2. The van der Waals surface area contributed by atoms with Gasteiger partial charge >= 0.3 is 0 Å². The molecule has 0 unspecified atom stereocenters. The number of nitrogens with two attached hydrogens (primary N) is 1. The molecule has 0 spiro atoms. The third kappa shape index (κ3) is 6.84. The SMILES string of the molecule is C[C@H](Cc1ccc(OCc2nonc2C(N)=O)cc1)NC[C@H](O)c1cc(O)cc(O)c1.Cl. The van der Waals surface area contributed by atoms with Crippen LogP contribution in [0.4, 0.5) is 0 Å². The average Bonchev–Trinajstić information content (AvgIpc) is 3.20. The molecule has 3 rings (SSSR count). The number of nitrogens with one attached hydrogen (secondary N) is 1. The molecule has 1 amide bonds. The van der Waals surface area contributed by atoms with Gasteiger partial charge in [-0.25, -0.2) is 4.63 Å². The number of aromatic nitrogens is 2. The number of phenols is 2.